The van der Waals surface area contributed by atoms with E-state index in [4.69, 9.17) is 21.1 Å². The molecule has 3 aromatic carbocycles. The maximum absolute atomic E-state index is 6.51. The highest BCUT2D eigenvalue weighted by Crippen LogP contribution is 2.34. The SMILES string of the molecule is COc1cc(CNCc2nc3ccccc3[nH]2)c(Cl)cc1OCc1cccc(C)c1. The molecule has 2 N–H and O–H groups in total. The fourth-order valence-electron chi connectivity index (χ4n) is 3.35. The number of aromatic nitrogens is 2. The van der Waals surface area contributed by atoms with Gasteiger partial charge in [-0.3, -0.25) is 0 Å². The molecule has 0 bridgehead atoms. The van der Waals surface area contributed by atoms with Crippen LogP contribution in [0.3, 0.4) is 0 Å². The van der Waals surface area contributed by atoms with Crippen LogP contribution in [0.2, 0.25) is 5.02 Å². The maximum Gasteiger partial charge on any atom is 0.163 e. The minimum absolute atomic E-state index is 0.456. The van der Waals surface area contributed by atoms with E-state index in [1.54, 1.807) is 7.11 Å². The molecular weight excluding hydrogens is 398 g/mol. The Balaban J connectivity index is 1.40. The second kappa shape index (κ2) is 9.20. The van der Waals surface area contributed by atoms with E-state index >= 15 is 0 Å². The Hall–Kier alpha value is -3.02. The highest BCUT2D eigenvalue weighted by molar-refractivity contribution is 6.31. The summed E-state index contributed by atoms with van der Waals surface area (Å²) in [4.78, 5) is 7.89. The van der Waals surface area contributed by atoms with E-state index in [9.17, 15) is 0 Å². The third kappa shape index (κ3) is 4.75. The van der Waals surface area contributed by atoms with E-state index in [0.29, 0.717) is 36.2 Å². The fourth-order valence-corrected chi connectivity index (χ4v) is 3.57. The molecule has 0 saturated heterocycles. The zero-order valence-electron chi connectivity index (χ0n) is 17.0. The van der Waals surface area contributed by atoms with Crippen LogP contribution in [0.4, 0.5) is 0 Å². The van der Waals surface area contributed by atoms with E-state index in [2.05, 4.69) is 34.3 Å². The largest absolute Gasteiger partial charge is 0.493 e. The molecule has 0 fully saturated rings. The van der Waals surface area contributed by atoms with Crippen LogP contribution in [0.5, 0.6) is 11.5 Å². The van der Waals surface area contributed by atoms with Crippen LogP contribution < -0.4 is 14.8 Å². The van der Waals surface area contributed by atoms with Gasteiger partial charge in [0.1, 0.15) is 12.4 Å². The third-order valence-corrected chi connectivity index (χ3v) is 5.21. The van der Waals surface area contributed by atoms with E-state index in [-0.39, 0.29) is 0 Å². The summed E-state index contributed by atoms with van der Waals surface area (Å²) in [6.45, 7) is 3.72. The van der Waals surface area contributed by atoms with Gasteiger partial charge in [0, 0.05) is 17.6 Å². The molecule has 0 amide bonds. The van der Waals surface area contributed by atoms with Gasteiger partial charge >= 0.3 is 0 Å². The van der Waals surface area contributed by atoms with Crippen molar-refractivity contribution in [1.82, 2.24) is 15.3 Å². The van der Waals surface area contributed by atoms with E-state index in [0.717, 1.165) is 28.0 Å². The zero-order valence-corrected chi connectivity index (χ0v) is 17.8. The smallest absolute Gasteiger partial charge is 0.163 e. The number of hydrogen-bond donors (Lipinski definition) is 2. The summed E-state index contributed by atoms with van der Waals surface area (Å²) in [5, 5.41) is 4.01. The molecule has 0 saturated carbocycles. The number of ether oxygens (including phenoxy) is 2. The first-order chi connectivity index (χ1) is 14.6. The lowest BCUT2D eigenvalue weighted by Gasteiger charge is -2.14. The Bertz CT molecular complexity index is 1120. The van der Waals surface area contributed by atoms with Gasteiger partial charge in [-0.25, -0.2) is 4.98 Å². The zero-order chi connectivity index (χ0) is 20.9. The van der Waals surface area contributed by atoms with Crippen molar-refractivity contribution < 1.29 is 9.47 Å². The first-order valence-electron chi connectivity index (χ1n) is 9.81. The molecule has 0 aliphatic carbocycles. The molecule has 1 heterocycles. The Labute approximate surface area is 181 Å². The molecule has 1 aromatic heterocycles. The summed E-state index contributed by atoms with van der Waals surface area (Å²) in [5.41, 5.74) is 5.23. The summed E-state index contributed by atoms with van der Waals surface area (Å²) in [6, 6.07) is 19.9. The van der Waals surface area contributed by atoms with Crippen molar-refractivity contribution in [3.8, 4) is 11.5 Å². The number of nitrogens with one attached hydrogen (secondary N) is 2. The standard InChI is InChI=1S/C24H24ClN3O2/c1-16-6-5-7-17(10-16)15-30-23-12-19(25)18(11-22(23)29-2)13-26-14-24-27-20-8-3-4-9-21(20)28-24/h3-12,26H,13-15H2,1-2H3,(H,27,28). The molecular formula is C24H24ClN3O2. The van der Waals surface area contributed by atoms with Gasteiger partial charge in [0.15, 0.2) is 11.5 Å². The molecule has 0 unspecified atom stereocenters. The lowest BCUT2D eigenvalue weighted by Crippen LogP contribution is -2.14. The average molecular weight is 422 g/mol. The highest BCUT2D eigenvalue weighted by Gasteiger charge is 2.11. The van der Waals surface area contributed by atoms with Gasteiger partial charge in [0.05, 0.1) is 24.7 Å². The van der Waals surface area contributed by atoms with Crippen molar-refractivity contribution in [3.05, 3.63) is 88.2 Å². The van der Waals surface area contributed by atoms with Crippen molar-refractivity contribution in [2.75, 3.05) is 7.11 Å². The number of hydrogen-bond acceptors (Lipinski definition) is 4. The van der Waals surface area contributed by atoms with Crippen LogP contribution in [0.25, 0.3) is 11.0 Å². The molecule has 5 nitrogen and oxygen atoms in total. The minimum Gasteiger partial charge on any atom is -0.493 e. The molecule has 6 heteroatoms. The van der Waals surface area contributed by atoms with Gasteiger partial charge in [-0.15, -0.1) is 0 Å². The maximum atomic E-state index is 6.51. The molecule has 154 valence electrons. The molecule has 4 aromatic rings. The first kappa shape index (κ1) is 20.3. The normalized spacial score (nSPS) is 11.0. The summed E-state index contributed by atoms with van der Waals surface area (Å²) in [5.74, 6) is 2.18. The van der Waals surface area contributed by atoms with Crippen molar-refractivity contribution in [1.29, 1.82) is 0 Å². The number of benzene rings is 3. The number of methoxy groups -OCH3 is 1. The first-order valence-corrected chi connectivity index (χ1v) is 10.2. The van der Waals surface area contributed by atoms with Crippen LogP contribution in [-0.4, -0.2) is 17.1 Å². The number of halogens is 1. The van der Waals surface area contributed by atoms with Crippen molar-refractivity contribution >= 4 is 22.6 Å². The van der Waals surface area contributed by atoms with Crippen molar-refractivity contribution in [2.45, 2.75) is 26.6 Å². The predicted molar refractivity (Wildman–Crippen MR) is 120 cm³/mol. The molecule has 0 aliphatic rings. The van der Waals surface area contributed by atoms with Crippen molar-refractivity contribution in [3.63, 3.8) is 0 Å². The summed E-state index contributed by atoms with van der Waals surface area (Å²) in [6.07, 6.45) is 0. The van der Waals surface area contributed by atoms with E-state index in [1.165, 1.54) is 5.56 Å². The molecule has 0 spiro atoms. The highest BCUT2D eigenvalue weighted by atomic mass is 35.5. The van der Waals surface area contributed by atoms with Crippen molar-refractivity contribution in [2.24, 2.45) is 0 Å². The molecule has 4 rings (SSSR count). The topological polar surface area (TPSA) is 59.2 Å². The number of nitrogens with zero attached hydrogens (tertiary/aromatic N) is 1. The summed E-state index contributed by atoms with van der Waals surface area (Å²) < 4.78 is 11.5. The Kier molecular flexibility index (Phi) is 6.21. The van der Waals surface area contributed by atoms with Gasteiger partial charge < -0.3 is 19.8 Å². The lowest BCUT2D eigenvalue weighted by atomic mass is 10.1. The second-order valence-electron chi connectivity index (χ2n) is 7.18. The second-order valence-corrected chi connectivity index (χ2v) is 7.58. The Morgan fingerprint density at radius 2 is 1.87 bits per heavy atom. The average Bonchev–Trinajstić information content (AvgIpc) is 3.16. The number of imidazole rings is 1. The number of fused-ring (bicyclic) bond motifs is 1. The molecule has 0 radical (unpaired) electrons. The predicted octanol–water partition coefficient (Wildman–Crippen LogP) is 5.40. The van der Waals surface area contributed by atoms with Crippen LogP contribution in [-0.2, 0) is 19.7 Å². The molecule has 0 aliphatic heterocycles. The van der Waals surface area contributed by atoms with Gasteiger partial charge in [0.2, 0.25) is 0 Å². The number of aryl methyl sites for hydroxylation is 1. The number of rotatable bonds is 8. The Morgan fingerprint density at radius 3 is 2.67 bits per heavy atom. The lowest BCUT2D eigenvalue weighted by molar-refractivity contribution is 0.284. The third-order valence-electron chi connectivity index (χ3n) is 4.86. The van der Waals surface area contributed by atoms with Gasteiger partial charge in [0.25, 0.3) is 0 Å². The van der Waals surface area contributed by atoms with E-state index < -0.39 is 0 Å². The van der Waals surface area contributed by atoms with E-state index in [1.807, 2.05) is 48.5 Å². The van der Waals surface area contributed by atoms with Crippen LogP contribution in [0, 0.1) is 6.92 Å². The van der Waals surface area contributed by atoms with Gasteiger partial charge in [-0.1, -0.05) is 53.6 Å². The monoisotopic (exact) mass is 421 g/mol. The quantitative estimate of drug-likeness (QED) is 0.399. The molecule has 0 atom stereocenters. The Morgan fingerprint density at radius 1 is 1.00 bits per heavy atom. The minimum atomic E-state index is 0.456. The molecule has 30 heavy (non-hydrogen) atoms. The number of H-pyrrole nitrogens is 1. The summed E-state index contributed by atoms with van der Waals surface area (Å²) in [7, 11) is 1.63. The van der Waals surface area contributed by atoms with Gasteiger partial charge in [-0.05, 0) is 36.2 Å². The summed E-state index contributed by atoms with van der Waals surface area (Å²) >= 11 is 6.51. The van der Waals surface area contributed by atoms with Gasteiger partial charge in [-0.2, -0.15) is 0 Å². The van der Waals surface area contributed by atoms with Crippen LogP contribution in [0.1, 0.15) is 22.5 Å². The fraction of sp³-hybridized carbons (Fsp3) is 0.208. The van der Waals surface area contributed by atoms with Crippen LogP contribution >= 0.6 is 11.6 Å². The number of aromatic amines is 1. The van der Waals surface area contributed by atoms with Crippen LogP contribution in [0.15, 0.2) is 60.7 Å². The number of para-hydroxylation sites is 2.